The van der Waals surface area contributed by atoms with Gasteiger partial charge in [-0.05, 0) is 31.8 Å². The van der Waals surface area contributed by atoms with Gasteiger partial charge in [-0.3, -0.25) is 9.59 Å². The molecule has 0 aliphatic heterocycles. The first-order chi connectivity index (χ1) is 9.26. The van der Waals surface area contributed by atoms with Crippen molar-refractivity contribution in [2.75, 3.05) is 0 Å². The third kappa shape index (κ3) is 10.4. The highest BCUT2D eigenvalue weighted by Gasteiger charge is 2.03. The van der Waals surface area contributed by atoms with Crippen molar-refractivity contribution in [1.29, 1.82) is 0 Å². The van der Waals surface area contributed by atoms with E-state index in [1.807, 2.05) is 6.08 Å². The molecule has 0 unspecified atom stereocenters. The third-order valence-corrected chi connectivity index (χ3v) is 3.08. The van der Waals surface area contributed by atoms with Gasteiger partial charge in [-0.2, -0.15) is 0 Å². The van der Waals surface area contributed by atoms with Crippen LogP contribution in [0.1, 0.15) is 71.6 Å². The molecule has 0 aromatic carbocycles. The smallest absolute Gasteiger partial charge is 0.188 e. The summed E-state index contributed by atoms with van der Waals surface area (Å²) in [6.07, 6.45) is 15.7. The summed E-state index contributed by atoms with van der Waals surface area (Å²) in [5.41, 5.74) is 0.309. The van der Waals surface area contributed by atoms with Gasteiger partial charge >= 0.3 is 0 Å². The van der Waals surface area contributed by atoms with Crippen molar-refractivity contribution in [3.05, 3.63) is 23.8 Å². The van der Waals surface area contributed by atoms with E-state index in [1.54, 1.807) is 12.2 Å². The van der Waals surface area contributed by atoms with Gasteiger partial charge in [0.05, 0.1) is 5.57 Å². The highest BCUT2D eigenvalue weighted by Crippen LogP contribution is 2.06. The minimum Gasteiger partial charge on any atom is -0.298 e. The van der Waals surface area contributed by atoms with Crippen LogP contribution < -0.4 is 0 Å². The molecule has 0 saturated carbocycles. The summed E-state index contributed by atoms with van der Waals surface area (Å²) in [5.74, 6) is -0.151. The molecule has 0 fully saturated rings. The van der Waals surface area contributed by atoms with Crippen molar-refractivity contribution in [1.82, 2.24) is 0 Å². The standard InChI is InChI=1S/C17H28O2/c1-3-5-7-9-11-13-16(15-18)17(19)14-12-10-8-6-4-2/h12-15H,3-11H2,1-2H3. The summed E-state index contributed by atoms with van der Waals surface area (Å²) in [4.78, 5) is 22.6. The van der Waals surface area contributed by atoms with Crippen LogP contribution in [0.25, 0.3) is 0 Å². The summed E-state index contributed by atoms with van der Waals surface area (Å²) in [6, 6.07) is 0. The molecule has 0 atom stereocenters. The Hall–Kier alpha value is -1.18. The zero-order chi connectivity index (χ0) is 14.3. The van der Waals surface area contributed by atoms with E-state index in [0.717, 1.165) is 25.7 Å². The first-order valence-electron chi connectivity index (χ1n) is 7.62. The average Bonchev–Trinajstić information content (AvgIpc) is 2.42. The van der Waals surface area contributed by atoms with Crippen LogP contribution >= 0.6 is 0 Å². The minimum atomic E-state index is -0.151. The van der Waals surface area contributed by atoms with E-state index in [2.05, 4.69) is 13.8 Å². The average molecular weight is 264 g/mol. The topological polar surface area (TPSA) is 34.1 Å². The van der Waals surface area contributed by atoms with Gasteiger partial charge in [-0.1, -0.05) is 58.1 Å². The molecule has 0 bridgehead atoms. The summed E-state index contributed by atoms with van der Waals surface area (Å²) in [6.45, 7) is 4.32. The van der Waals surface area contributed by atoms with Crippen molar-refractivity contribution in [3.8, 4) is 0 Å². The van der Waals surface area contributed by atoms with Crippen LogP contribution in [-0.4, -0.2) is 12.1 Å². The Morgan fingerprint density at radius 3 is 2.16 bits per heavy atom. The Balaban J connectivity index is 4.01. The fourth-order valence-corrected chi connectivity index (χ4v) is 1.83. The lowest BCUT2D eigenvalue weighted by Gasteiger charge is -1.97. The molecule has 0 rings (SSSR count). The van der Waals surface area contributed by atoms with Crippen molar-refractivity contribution < 1.29 is 9.59 Å². The zero-order valence-electron chi connectivity index (χ0n) is 12.5. The molecule has 0 spiro atoms. The molecule has 0 aromatic heterocycles. The summed E-state index contributed by atoms with van der Waals surface area (Å²) >= 11 is 0. The molecular weight excluding hydrogens is 236 g/mol. The lowest BCUT2D eigenvalue weighted by Crippen LogP contribution is -1.99. The van der Waals surface area contributed by atoms with Gasteiger partial charge in [0.25, 0.3) is 0 Å². The van der Waals surface area contributed by atoms with Gasteiger partial charge in [0.1, 0.15) is 0 Å². The van der Waals surface area contributed by atoms with Crippen molar-refractivity contribution in [3.63, 3.8) is 0 Å². The molecule has 0 aliphatic rings. The highest BCUT2D eigenvalue weighted by atomic mass is 16.1. The van der Waals surface area contributed by atoms with Crippen molar-refractivity contribution in [2.45, 2.75) is 71.6 Å². The summed E-state index contributed by atoms with van der Waals surface area (Å²) in [5, 5.41) is 0. The highest BCUT2D eigenvalue weighted by molar-refractivity contribution is 6.17. The number of unbranched alkanes of at least 4 members (excludes halogenated alkanes) is 7. The number of rotatable bonds is 12. The van der Waals surface area contributed by atoms with E-state index in [4.69, 9.17) is 0 Å². The second-order valence-electron chi connectivity index (χ2n) is 4.89. The molecule has 0 radical (unpaired) electrons. The van der Waals surface area contributed by atoms with Crippen LogP contribution in [0.4, 0.5) is 0 Å². The number of carbonyl (C=O) groups is 2. The fraction of sp³-hybridized carbons (Fsp3) is 0.647. The summed E-state index contributed by atoms with van der Waals surface area (Å²) in [7, 11) is 0. The van der Waals surface area contributed by atoms with Crippen LogP contribution in [-0.2, 0) is 9.59 Å². The Kier molecular flexibility index (Phi) is 12.4. The lowest BCUT2D eigenvalue weighted by molar-refractivity contribution is -0.114. The fourth-order valence-electron chi connectivity index (χ4n) is 1.83. The van der Waals surface area contributed by atoms with E-state index in [-0.39, 0.29) is 5.78 Å². The maximum atomic E-state index is 11.7. The Bertz CT molecular complexity index is 300. The quantitative estimate of drug-likeness (QED) is 0.167. The largest absolute Gasteiger partial charge is 0.298 e. The third-order valence-electron chi connectivity index (χ3n) is 3.08. The second kappa shape index (κ2) is 13.3. The van der Waals surface area contributed by atoms with Gasteiger partial charge in [0.2, 0.25) is 0 Å². The van der Waals surface area contributed by atoms with Crippen LogP contribution in [0.15, 0.2) is 23.8 Å². The lowest BCUT2D eigenvalue weighted by atomic mass is 10.1. The Morgan fingerprint density at radius 1 is 0.895 bits per heavy atom. The number of hydrogen-bond donors (Lipinski definition) is 0. The Morgan fingerprint density at radius 2 is 1.53 bits per heavy atom. The molecule has 19 heavy (non-hydrogen) atoms. The Labute approximate surface area is 118 Å². The SMILES string of the molecule is CCCCCC=CC(=O)C(C=O)=CCCCCCC. The van der Waals surface area contributed by atoms with Gasteiger partial charge in [-0.15, -0.1) is 0 Å². The zero-order valence-corrected chi connectivity index (χ0v) is 12.5. The van der Waals surface area contributed by atoms with Crippen LogP contribution in [0.2, 0.25) is 0 Å². The molecule has 108 valence electrons. The first-order valence-corrected chi connectivity index (χ1v) is 7.62. The van der Waals surface area contributed by atoms with E-state index < -0.39 is 0 Å². The molecule has 0 heterocycles. The van der Waals surface area contributed by atoms with E-state index in [0.29, 0.717) is 11.9 Å². The van der Waals surface area contributed by atoms with E-state index in [1.165, 1.54) is 32.1 Å². The van der Waals surface area contributed by atoms with E-state index >= 15 is 0 Å². The van der Waals surface area contributed by atoms with Gasteiger partial charge < -0.3 is 0 Å². The number of ketones is 1. The summed E-state index contributed by atoms with van der Waals surface area (Å²) < 4.78 is 0. The molecule has 0 aliphatic carbocycles. The minimum absolute atomic E-state index is 0.151. The molecule has 2 nitrogen and oxygen atoms in total. The van der Waals surface area contributed by atoms with Gasteiger partial charge in [-0.25, -0.2) is 0 Å². The number of allylic oxidation sites excluding steroid dienone is 4. The maximum Gasteiger partial charge on any atom is 0.188 e. The monoisotopic (exact) mass is 264 g/mol. The maximum absolute atomic E-state index is 11.7. The van der Waals surface area contributed by atoms with Crippen LogP contribution in [0, 0.1) is 0 Å². The second-order valence-corrected chi connectivity index (χ2v) is 4.89. The van der Waals surface area contributed by atoms with Crippen molar-refractivity contribution in [2.24, 2.45) is 0 Å². The molecular formula is C17H28O2. The van der Waals surface area contributed by atoms with Crippen LogP contribution in [0.3, 0.4) is 0 Å². The predicted octanol–water partition coefficient (Wildman–Crippen LogP) is 4.79. The molecule has 0 aromatic rings. The molecule has 0 saturated heterocycles. The van der Waals surface area contributed by atoms with Crippen LogP contribution in [0.5, 0.6) is 0 Å². The number of carbonyl (C=O) groups excluding carboxylic acids is 2. The van der Waals surface area contributed by atoms with Gasteiger partial charge in [0, 0.05) is 0 Å². The normalized spacial score (nSPS) is 12.0. The number of aldehydes is 1. The molecule has 2 heteroatoms. The molecule has 0 N–H and O–H groups in total. The molecule has 0 amide bonds. The first kappa shape index (κ1) is 17.8. The van der Waals surface area contributed by atoms with E-state index in [9.17, 15) is 9.59 Å². The number of hydrogen-bond acceptors (Lipinski definition) is 2. The van der Waals surface area contributed by atoms with Crippen molar-refractivity contribution >= 4 is 12.1 Å². The predicted molar refractivity (Wildman–Crippen MR) is 81.2 cm³/mol. The van der Waals surface area contributed by atoms with Gasteiger partial charge in [0.15, 0.2) is 12.1 Å².